The first-order valence-electron chi connectivity index (χ1n) is 6.18. The van der Waals surface area contributed by atoms with Crippen LogP contribution in [-0.4, -0.2) is 53.2 Å². The number of halogens is 1. The number of aromatic amines is 1. The average Bonchev–Trinajstić information content (AvgIpc) is 2.99. The summed E-state index contributed by atoms with van der Waals surface area (Å²) in [6.45, 7) is 2.02. The Balaban J connectivity index is 2.01. The molecule has 0 saturated carbocycles. The van der Waals surface area contributed by atoms with E-state index in [4.69, 9.17) is 5.11 Å². The number of carbonyl (C=O) groups is 1. The SMILES string of the molecule is O=C(c1cc(Br)c[nH]1)N(CCO)CC1CCCN1. The highest BCUT2D eigenvalue weighted by Gasteiger charge is 2.22. The lowest BCUT2D eigenvalue weighted by atomic mass is 10.2. The molecule has 3 N–H and O–H groups in total. The van der Waals surface area contributed by atoms with Crippen molar-refractivity contribution in [2.45, 2.75) is 18.9 Å². The third-order valence-corrected chi connectivity index (χ3v) is 3.60. The minimum absolute atomic E-state index is 0.0136. The highest BCUT2D eigenvalue weighted by Crippen LogP contribution is 2.14. The van der Waals surface area contributed by atoms with E-state index in [9.17, 15) is 4.79 Å². The Morgan fingerprint density at radius 2 is 2.44 bits per heavy atom. The van der Waals surface area contributed by atoms with Crippen LogP contribution in [0.4, 0.5) is 0 Å². The second-order valence-electron chi connectivity index (χ2n) is 4.50. The molecule has 0 bridgehead atoms. The van der Waals surface area contributed by atoms with Crippen molar-refractivity contribution in [3.63, 3.8) is 0 Å². The first kappa shape index (κ1) is 13.6. The van der Waals surface area contributed by atoms with E-state index >= 15 is 0 Å². The van der Waals surface area contributed by atoms with Gasteiger partial charge in [-0.25, -0.2) is 0 Å². The molecule has 2 heterocycles. The standard InChI is InChI=1S/C12H18BrN3O2/c13-9-6-11(15-7-9)12(18)16(4-5-17)8-10-2-1-3-14-10/h6-7,10,14-15,17H,1-5,8H2. The molecule has 1 aromatic rings. The van der Waals surface area contributed by atoms with Crippen molar-refractivity contribution in [3.05, 3.63) is 22.4 Å². The van der Waals surface area contributed by atoms with Crippen molar-refractivity contribution in [2.24, 2.45) is 0 Å². The molecule has 1 unspecified atom stereocenters. The van der Waals surface area contributed by atoms with Crippen LogP contribution in [0, 0.1) is 0 Å². The summed E-state index contributed by atoms with van der Waals surface area (Å²) in [5, 5.41) is 12.4. The number of carbonyl (C=O) groups excluding carboxylic acids is 1. The van der Waals surface area contributed by atoms with Crippen LogP contribution in [0.2, 0.25) is 0 Å². The molecule has 0 aliphatic carbocycles. The number of nitrogens with zero attached hydrogens (tertiary/aromatic N) is 1. The van der Waals surface area contributed by atoms with Crippen molar-refractivity contribution in [1.82, 2.24) is 15.2 Å². The number of hydrogen-bond donors (Lipinski definition) is 3. The quantitative estimate of drug-likeness (QED) is 0.758. The predicted molar refractivity (Wildman–Crippen MR) is 72.5 cm³/mol. The lowest BCUT2D eigenvalue weighted by Crippen LogP contribution is -2.42. The first-order valence-corrected chi connectivity index (χ1v) is 6.97. The Bertz CT molecular complexity index is 402. The zero-order valence-corrected chi connectivity index (χ0v) is 11.7. The monoisotopic (exact) mass is 315 g/mol. The van der Waals surface area contributed by atoms with Gasteiger partial charge in [-0.2, -0.15) is 0 Å². The first-order chi connectivity index (χ1) is 8.70. The van der Waals surface area contributed by atoms with Crippen molar-refractivity contribution in [2.75, 3.05) is 26.2 Å². The number of aliphatic hydroxyl groups is 1. The molecule has 0 radical (unpaired) electrons. The van der Waals surface area contributed by atoms with Gasteiger partial charge >= 0.3 is 0 Å². The molecule has 0 aromatic carbocycles. The summed E-state index contributed by atoms with van der Waals surface area (Å²) in [6.07, 6.45) is 3.97. The van der Waals surface area contributed by atoms with Gasteiger partial charge in [0.15, 0.2) is 0 Å². The molecule has 5 nitrogen and oxygen atoms in total. The summed E-state index contributed by atoms with van der Waals surface area (Å²) < 4.78 is 0.855. The second kappa shape index (κ2) is 6.36. The third kappa shape index (κ3) is 3.34. The van der Waals surface area contributed by atoms with Crippen LogP contribution < -0.4 is 5.32 Å². The van der Waals surface area contributed by atoms with Crippen molar-refractivity contribution in [1.29, 1.82) is 0 Å². The van der Waals surface area contributed by atoms with Gasteiger partial charge in [0.25, 0.3) is 5.91 Å². The molecule has 1 aliphatic heterocycles. The van der Waals surface area contributed by atoms with Crippen LogP contribution in [0.25, 0.3) is 0 Å². The summed E-state index contributed by atoms with van der Waals surface area (Å²) in [5.74, 6) is -0.0662. The van der Waals surface area contributed by atoms with E-state index in [1.165, 1.54) is 0 Å². The van der Waals surface area contributed by atoms with Crippen molar-refractivity contribution in [3.8, 4) is 0 Å². The topological polar surface area (TPSA) is 68.4 Å². The molecule has 6 heteroatoms. The number of nitrogens with one attached hydrogen (secondary N) is 2. The number of aromatic nitrogens is 1. The molecule has 1 saturated heterocycles. The van der Waals surface area contributed by atoms with Crippen molar-refractivity contribution < 1.29 is 9.90 Å². The van der Waals surface area contributed by atoms with Gasteiger partial charge in [-0.05, 0) is 41.4 Å². The summed E-state index contributed by atoms with van der Waals surface area (Å²) in [7, 11) is 0. The van der Waals surface area contributed by atoms with Gasteiger partial charge < -0.3 is 20.3 Å². The van der Waals surface area contributed by atoms with Gasteiger partial charge in [0.1, 0.15) is 5.69 Å². The van der Waals surface area contributed by atoms with Gasteiger partial charge in [-0.1, -0.05) is 0 Å². The van der Waals surface area contributed by atoms with E-state index in [0.717, 1.165) is 23.9 Å². The molecule has 1 atom stereocenters. The van der Waals surface area contributed by atoms with Crippen LogP contribution in [0.3, 0.4) is 0 Å². The predicted octanol–water partition coefficient (Wildman–Crippen LogP) is 0.964. The normalized spacial score (nSPS) is 19.1. The van der Waals surface area contributed by atoms with Crippen LogP contribution in [0.1, 0.15) is 23.3 Å². The fraction of sp³-hybridized carbons (Fsp3) is 0.583. The molecule has 18 heavy (non-hydrogen) atoms. The number of rotatable bonds is 5. The fourth-order valence-electron chi connectivity index (χ4n) is 2.24. The number of amides is 1. The smallest absolute Gasteiger partial charge is 0.270 e. The third-order valence-electron chi connectivity index (χ3n) is 3.14. The van der Waals surface area contributed by atoms with E-state index in [1.54, 1.807) is 17.2 Å². The minimum atomic E-state index is -0.0662. The molecule has 1 fully saturated rings. The summed E-state index contributed by atoms with van der Waals surface area (Å²) in [4.78, 5) is 16.9. The van der Waals surface area contributed by atoms with Gasteiger partial charge in [0, 0.05) is 29.8 Å². The Kier molecular flexibility index (Phi) is 4.79. The lowest BCUT2D eigenvalue weighted by molar-refractivity contribution is 0.0701. The van der Waals surface area contributed by atoms with Crippen LogP contribution in [0.15, 0.2) is 16.7 Å². The summed E-state index contributed by atoms with van der Waals surface area (Å²) >= 11 is 3.31. The molecule has 100 valence electrons. The fourth-order valence-corrected chi connectivity index (χ4v) is 2.58. The van der Waals surface area contributed by atoms with E-state index in [0.29, 0.717) is 24.8 Å². The zero-order chi connectivity index (χ0) is 13.0. The van der Waals surface area contributed by atoms with Gasteiger partial charge in [-0.3, -0.25) is 4.79 Å². The summed E-state index contributed by atoms with van der Waals surface area (Å²) in [5.41, 5.74) is 0.549. The molecular weight excluding hydrogens is 298 g/mol. The minimum Gasteiger partial charge on any atom is -0.395 e. The maximum absolute atomic E-state index is 12.3. The molecule has 1 aromatic heterocycles. The highest BCUT2D eigenvalue weighted by atomic mass is 79.9. The van der Waals surface area contributed by atoms with E-state index in [-0.39, 0.29) is 12.5 Å². The number of hydrogen-bond acceptors (Lipinski definition) is 3. The van der Waals surface area contributed by atoms with Gasteiger partial charge in [0.2, 0.25) is 0 Å². The van der Waals surface area contributed by atoms with E-state index < -0.39 is 0 Å². The Morgan fingerprint density at radius 1 is 1.61 bits per heavy atom. The number of aliphatic hydroxyl groups excluding tert-OH is 1. The van der Waals surface area contributed by atoms with Gasteiger partial charge in [0.05, 0.1) is 6.61 Å². The molecule has 2 rings (SSSR count). The molecule has 1 amide bonds. The molecule has 1 aliphatic rings. The molecule has 0 spiro atoms. The van der Waals surface area contributed by atoms with Gasteiger partial charge in [-0.15, -0.1) is 0 Å². The Morgan fingerprint density at radius 3 is 3.00 bits per heavy atom. The Hall–Kier alpha value is -0.850. The summed E-state index contributed by atoms with van der Waals surface area (Å²) in [6, 6.07) is 2.10. The Labute approximate surface area is 115 Å². The van der Waals surface area contributed by atoms with Crippen molar-refractivity contribution >= 4 is 21.8 Å². The average molecular weight is 316 g/mol. The largest absolute Gasteiger partial charge is 0.395 e. The lowest BCUT2D eigenvalue weighted by Gasteiger charge is -2.24. The maximum atomic E-state index is 12.3. The number of H-pyrrole nitrogens is 1. The van der Waals surface area contributed by atoms with E-state index in [1.807, 2.05) is 0 Å². The highest BCUT2D eigenvalue weighted by molar-refractivity contribution is 9.10. The van der Waals surface area contributed by atoms with E-state index in [2.05, 4.69) is 26.2 Å². The van der Waals surface area contributed by atoms with Crippen LogP contribution in [0.5, 0.6) is 0 Å². The van der Waals surface area contributed by atoms with Crippen LogP contribution >= 0.6 is 15.9 Å². The zero-order valence-electron chi connectivity index (χ0n) is 10.2. The second-order valence-corrected chi connectivity index (χ2v) is 5.42. The molecular formula is C12H18BrN3O2. The van der Waals surface area contributed by atoms with Crippen LogP contribution in [-0.2, 0) is 0 Å². The maximum Gasteiger partial charge on any atom is 0.270 e.